The molecule has 0 spiro atoms. The molecule has 3 heteroatoms. The van der Waals surface area contributed by atoms with Crippen LogP contribution in [0.4, 0.5) is 0 Å². The van der Waals surface area contributed by atoms with Crippen molar-refractivity contribution in [3.8, 4) is 0 Å². The van der Waals surface area contributed by atoms with Gasteiger partial charge in [0.25, 0.3) is 0 Å². The molecule has 0 saturated carbocycles. The van der Waals surface area contributed by atoms with Gasteiger partial charge >= 0.3 is 0 Å². The Bertz CT molecular complexity index is 296. The number of thiazole rings is 1. The van der Waals surface area contributed by atoms with Crippen LogP contribution in [0.15, 0.2) is 6.20 Å². The summed E-state index contributed by atoms with van der Waals surface area (Å²) in [5.74, 6) is 0.820. The van der Waals surface area contributed by atoms with Crippen molar-refractivity contribution in [1.29, 1.82) is 0 Å². The predicted molar refractivity (Wildman–Crippen MR) is 71.8 cm³/mol. The van der Waals surface area contributed by atoms with E-state index in [1.807, 2.05) is 6.20 Å². The van der Waals surface area contributed by atoms with E-state index in [0.717, 1.165) is 17.5 Å². The lowest BCUT2D eigenvalue weighted by molar-refractivity contribution is 0.385. The van der Waals surface area contributed by atoms with Crippen LogP contribution in [0.2, 0.25) is 0 Å². The summed E-state index contributed by atoms with van der Waals surface area (Å²) < 4.78 is 0. The van der Waals surface area contributed by atoms with E-state index in [0.29, 0.717) is 6.04 Å². The second-order valence-electron chi connectivity index (χ2n) is 4.58. The van der Waals surface area contributed by atoms with E-state index in [1.54, 1.807) is 11.3 Å². The minimum Gasteiger partial charge on any atom is -0.309 e. The maximum Gasteiger partial charge on any atom is 0.0897 e. The Morgan fingerprint density at radius 2 is 2.12 bits per heavy atom. The number of aromatic nitrogens is 1. The van der Waals surface area contributed by atoms with Crippen LogP contribution in [0.5, 0.6) is 0 Å². The van der Waals surface area contributed by atoms with E-state index in [9.17, 15) is 0 Å². The minimum atomic E-state index is 0.650. The van der Waals surface area contributed by atoms with Crippen molar-refractivity contribution in [2.24, 2.45) is 5.92 Å². The third-order valence-corrected chi connectivity index (χ3v) is 4.02. The summed E-state index contributed by atoms with van der Waals surface area (Å²) in [6.45, 7) is 9.90. The summed E-state index contributed by atoms with van der Waals surface area (Å²) in [5, 5.41) is 4.79. The highest BCUT2D eigenvalue weighted by Crippen LogP contribution is 2.15. The molecular weight excluding hydrogens is 216 g/mol. The van der Waals surface area contributed by atoms with Crippen LogP contribution in [-0.4, -0.2) is 11.0 Å². The number of hydrogen-bond donors (Lipinski definition) is 1. The van der Waals surface area contributed by atoms with Crippen molar-refractivity contribution in [3.63, 3.8) is 0 Å². The van der Waals surface area contributed by atoms with Gasteiger partial charge in [0.1, 0.15) is 0 Å². The van der Waals surface area contributed by atoms with Gasteiger partial charge in [-0.3, -0.25) is 0 Å². The molecule has 1 aromatic rings. The van der Waals surface area contributed by atoms with Gasteiger partial charge in [0.2, 0.25) is 0 Å². The van der Waals surface area contributed by atoms with E-state index in [1.165, 1.54) is 24.1 Å². The third-order valence-electron chi connectivity index (χ3n) is 3.11. The number of nitrogens with one attached hydrogen (secondary N) is 1. The van der Waals surface area contributed by atoms with Crippen LogP contribution in [0.3, 0.4) is 0 Å². The lowest BCUT2D eigenvalue weighted by Crippen LogP contribution is -2.29. The van der Waals surface area contributed by atoms with Crippen molar-refractivity contribution in [3.05, 3.63) is 16.1 Å². The van der Waals surface area contributed by atoms with Gasteiger partial charge in [0.05, 0.1) is 5.01 Å². The van der Waals surface area contributed by atoms with Crippen LogP contribution in [-0.2, 0) is 6.54 Å². The van der Waals surface area contributed by atoms with Gasteiger partial charge in [-0.2, -0.15) is 0 Å². The summed E-state index contributed by atoms with van der Waals surface area (Å²) >= 11 is 1.79. The fraction of sp³-hybridized carbons (Fsp3) is 0.769. The Labute approximate surface area is 103 Å². The smallest absolute Gasteiger partial charge is 0.0897 e. The van der Waals surface area contributed by atoms with Crippen molar-refractivity contribution in [1.82, 2.24) is 10.3 Å². The van der Waals surface area contributed by atoms with Gasteiger partial charge in [0, 0.05) is 23.7 Å². The molecule has 0 aliphatic carbocycles. The number of hydrogen-bond acceptors (Lipinski definition) is 3. The molecule has 0 amide bonds. The molecule has 16 heavy (non-hydrogen) atoms. The SMILES string of the molecule is CCC(C)CC(CC)NCc1cnc(C)s1. The molecule has 0 saturated heterocycles. The summed E-state index contributed by atoms with van der Waals surface area (Å²) in [4.78, 5) is 5.62. The largest absolute Gasteiger partial charge is 0.309 e. The van der Waals surface area contributed by atoms with Gasteiger partial charge in [-0.25, -0.2) is 4.98 Å². The van der Waals surface area contributed by atoms with E-state index in [4.69, 9.17) is 0 Å². The average Bonchev–Trinajstić information content (AvgIpc) is 2.69. The molecule has 2 atom stereocenters. The maximum absolute atomic E-state index is 4.28. The standard InChI is InChI=1S/C13H24N2S/c1-5-10(3)7-12(6-2)15-9-13-8-14-11(4)16-13/h8,10,12,15H,5-7,9H2,1-4H3. The summed E-state index contributed by atoms with van der Waals surface area (Å²) in [6, 6.07) is 0.650. The molecule has 0 bridgehead atoms. The molecule has 1 heterocycles. The van der Waals surface area contributed by atoms with Gasteiger partial charge in [-0.1, -0.05) is 27.2 Å². The molecule has 2 unspecified atom stereocenters. The first-order chi connectivity index (χ1) is 7.65. The van der Waals surface area contributed by atoms with Crippen LogP contribution >= 0.6 is 11.3 Å². The molecule has 0 radical (unpaired) electrons. The highest BCUT2D eigenvalue weighted by atomic mass is 32.1. The number of aryl methyl sites for hydroxylation is 1. The third kappa shape index (κ3) is 4.62. The maximum atomic E-state index is 4.28. The van der Waals surface area contributed by atoms with E-state index >= 15 is 0 Å². The Morgan fingerprint density at radius 3 is 2.62 bits per heavy atom. The van der Waals surface area contributed by atoms with E-state index < -0.39 is 0 Å². The predicted octanol–water partition coefficient (Wildman–Crippen LogP) is 3.76. The van der Waals surface area contributed by atoms with Crippen LogP contribution in [0.1, 0.15) is 49.9 Å². The summed E-state index contributed by atoms with van der Waals surface area (Å²) in [5.41, 5.74) is 0. The zero-order valence-corrected chi connectivity index (χ0v) is 11.7. The van der Waals surface area contributed by atoms with Gasteiger partial charge < -0.3 is 5.32 Å². The Hall–Kier alpha value is -0.410. The first kappa shape index (κ1) is 13.7. The molecular formula is C13H24N2S. The average molecular weight is 240 g/mol. The van der Waals surface area contributed by atoms with Crippen molar-refractivity contribution in [2.45, 2.75) is 59.5 Å². The van der Waals surface area contributed by atoms with Gasteiger partial charge in [0.15, 0.2) is 0 Å². The van der Waals surface area contributed by atoms with Crippen molar-refractivity contribution < 1.29 is 0 Å². The molecule has 0 aliphatic rings. The van der Waals surface area contributed by atoms with Crippen molar-refractivity contribution >= 4 is 11.3 Å². The highest BCUT2D eigenvalue weighted by Gasteiger charge is 2.10. The van der Waals surface area contributed by atoms with Gasteiger partial charge in [-0.15, -0.1) is 11.3 Å². The second-order valence-corrected chi connectivity index (χ2v) is 5.90. The fourth-order valence-corrected chi connectivity index (χ4v) is 2.52. The van der Waals surface area contributed by atoms with Crippen LogP contribution in [0.25, 0.3) is 0 Å². The number of nitrogens with zero attached hydrogens (tertiary/aromatic N) is 1. The van der Waals surface area contributed by atoms with Crippen LogP contribution in [0, 0.1) is 12.8 Å². The fourth-order valence-electron chi connectivity index (χ4n) is 1.78. The second kappa shape index (κ2) is 7.02. The summed E-state index contributed by atoms with van der Waals surface area (Å²) in [6.07, 6.45) is 5.76. The zero-order chi connectivity index (χ0) is 12.0. The Kier molecular flexibility index (Phi) is 5.99. The molecule has 1 N–H and O–H groups in total. The molecule has 2 nitrogen and oxygen atoms in total. The normalized spacial score (nSPS) is 15.0. The zero-order valence-electron chi connectivity index (χ0n) is 10.9. The first-order valence-corrected chi connectivity index (χ1v) is 7.12. The van der Waals surface area contributed by atoms with E-state index in [-0.39, 0.29) is 0 Å². The van der Waals surface area contributed by atoms with Gasteiger partial charge in [-0.05, 0) is 25.7 Å². The molecule has 0 fully saturated rings. The monoisotopic (exact) mass is 240 g/mol. The Balaban J connectivity index is 2.33. The molecule has 1 aromatic heterocycles. The molecule has 92 valence electrons. The molecule has 1 rings (SSSR count). The number of rotatable bonds is 7. The minimum absolute atomic E-state index is 0.650. The molecule has 0 aliphatic heterocycles. The van der Waals surface area contributed by atoms with E-state index in [2.05, 4.69) is 38.0 Å². The van der Waals surface area contributed by atoms with Crippen LogP contribution < -0.4 is 5.32 Å². The summed E-state index contributed by atoms with van der Waals surface area (Å²) in [7, 11) is 0. The quantitative estimate of drug-likeness (QED) is 0.785. The van der Waals surface area contributed by atoms with Crippen molar-refractivity contribution in [2.75, 3.05) is 0 Å². The topological polar surface area (TPSA) is 24.9 Å². The lowest BCUT2D eigenvalue weighted by Gasteiger charge is -2.19. The molecule has 0 aromatic carbocycles. The lowest BCUT2D eigenvalue weighted by atomic mass is 9.98. The first-order valence-electron chi connectivity index (χ1n) is 6.30. The highest BCUT2D eigenvalue weighted by molar-refractivity contribution is 7.11. The Morgan fingerprint density at radius 1 is 1.38 bits per heavy atom.